The number of thioether (sulfide) groups is 1. The van der Waals surface area contributed by atoms with E-state index in [0.29, 0.717) is 11.6 Å². The monoisotopic (exact) mass is 329 g/mol. The van der Waals surface area contributed by atoms with Crippen molar-refractivity contribution in [1.82, 2.24) is 0 Å². The maximum absolute atomic E-state index is 8.67. The Morgan fingerprint density at radius 1 is 1.61 bits per heavy atom. The number of oxime groups is 1. The fraction of sp³-hybridized carbons (Fsp3) is 0.417. The second-order valence-corrected chi connectivity index (χ2v) is 6.27. The molecule has 1 aliphatic rings. The lowest BCUT2D eigenvalue weighted by Gasteiger charge is -2.35. The van der Waals surface area contributed by atoms with Crippen LogP contribution in [0.25, 0.3) is 0 Å². The molecule has 0 bridgehead atoms. The zero-order valence-electron chi connectivity index (χ0n) is 10.1. The number of halogens is 1. The third-order valence-corrected chi connectivity index (χ3v) is 4.85. The summed E-state index contributed by atoms with van der Waals surface area (Å²) in [4.78, 5) is 2.39. The number of rotatable bonds is 2. The van der Waals surface area contributed by atoms with E-state index in [1.807, 2.05) is 30.0 Å². The van der Waals surface area contributed by atoms with Crippen LogP contribution in [0.3, 0.4) is 0 Å². The first kappa shape index (κ1) is 13.5. The van der Waals surface area contributed by atoms with Crippen LogP contribution in [-0.2, 0) is 0 Å². The standard InChI is InChI=1S/C12H16BrN3OS/c1-8-7-18-5-4-16(8)11-3-2-9(6-10(11)13)12(14)15-17/h2-3,6,8,17H,4-5,7H2,1H3,(H2,14,15). The van der Waals surface area contributed by atoms with Gasteiger partial charge in [0.2, 0.25) is 0 Å². The van der Waals surface area contributed by atoms with Gasteiger partial charge in [-0.2, -0.15) is 11.8 Å². The molecule has 1 aromatic carbocycles. The summed E-state index contributed by atoms with van der Waals surface area (Å²) in [6, 6.07) is 6.31. The molecule has 1 aromatic rings. The average Bonchev–Trinajstić information content (AvgIpc) is 2.39. The average molecular weight is 330 g/mol. The van der Waals surface area contributed by atoms with Crippen LogP contribution in [0.4, 0.5) is 5.69 Å². The molecule has 3 N–H and O–H groups in total. The summed E-state index contributed by atoms with van der Waals surface area (Å²) < 4.78 is 0.977. The van der Waals surface area contributed by atoms with Crippen molar-refractivity contribution >= 4 is 39.2 Å². The van der Waals surface area contributed by atoms with Gasteiger partial charge >= 0.3 is 0 Å². The van der Waals surface area contributed by atoms with E-state index in [0.717, 1.165) is 28.2 Å². The van der Waals surface area contributed by atoms with E-state index in [4.69, 9.17) is 10.9 Å². The van der Waals surface area contributed by atoms with Crippen LogP contribution in [0, 0.1) is 0 Å². The van der Waals surface area contributed by atoms with Crippen molar-refractivity contribution < 1.29 is 5.21 Å². The van der Waals surface area contributed by atoms with Gasteiger partial charge in [-0.15, -0.1) is 0 Å². The molecule has 18 heavy (non-hydrogen) atoms. The maximum Gasteiger partial charge on any atom is 0.170 e. The molecule has 98 valence electrons. The van der Waals surface area contributed by atoms with E-state index in [1.165, 1.54) is 0 Å². The molecule has 1 heterocycles. The number of hydrogen-bond acceptors (Lipinski definition) is 4. The quantitative estimate of drug-likeness (QED) is 0.379. The molecular weight excluding hydrogens is 314 g/mol. The highest BCUT2D eigenvalue weighted by Crippen LogP contribution is 2.31. The van der Waals surface area contributed by atoms with Crippen LogP contribution in [0.15, 0.2) is 27.8 Å². The fourth-order valence-corrected chi connectivity index (χ4v) is 3.66. The molecule has 0 saturated carbocycles. The Labute approximate surface area is 119 Å². The van der Waals surface area contributed by atoms with Crippen molar-refractivity contribution in [3.63, 3.8) is 0 Å². The van der Waals surface area contributed by atoms with E-state index in [-0.39, 0.29) is 5.84 Å². The normalized spacial score (nSPS) is 21.1. The molecule has 1 aliphatic heterocycles. The van der Waals surface area contributed by atoms with Crippen molar-refractivity contribution in [3.8, 4) is 0 Å². The van der Waals surface area contributed by atoms with Gasteiger partial charge < -0.3 is 15.8 Å². The summed E-state index contributed by atoms with van der Waals surface area (Å²) in [7, 11) is 0. The summed E-state index contributed by atoms with van der Waals surface area (Å²) in [5.74, 6) is 2.43. The molecule has 0 aromatic heterocycles. The van der Waals surface area contributed by atoms with Crippen LogP contribution in [0.2, 0.25) is 0 Å². The first-order valence-corrected chi connectivity index (χ1v) is 7.70. The van der Waals surface area contributed by atoms with Crippen molar-refractivity contribution in [2.45, 2.75) is 13.0 Å². The molecule has 1 fully saturated rings. The number of hydrogen-bond donors (Lipinski definition) is 2. The highest BCUT2D eigenvalue weighted by atomic mass is 79.9. The highest BCUT2D eigenvalue weighted by Gasteiger charge is 2.20. The molecule has 2 rings (SSSR count). The molecule has 0 amide bonds. The maximum atomic E-state index is 8.67. The number of nitrogens with zero attached hydrogens (tertiary/aromatic N) is 2. The summed E-state index contributed by atoms with van der Waals surface area (Å²) >= 11 is 5.56. The van der Waals surface area contributed by atoms with Gasteiger partial charge in [0.05, 0.1) is 5.69 Å². The van der Waals surface area contributed by atoms with E-state index < -0.39 is 0 Å². The topological polar surface area (TPSA) is 61.8 Å². The molecule has 0 aliphatic carbocycles. The van der Waals surface area contributed by atoms with Gasteiger partial charge in [0, 0.05) is 34.1 Å². The smallest absolute Gasteiger partial charge is 0.170 e. The predicted molar refractivity (Wildman–Crippen MR) is 80.8 cm³/mol. The number of benzene rings is 1. The summed E-state index contributed by atoms with van der Waals surface area (Å²) in [6.07, 6.45) is 0. The van der Waals surface area contributed by atoms with Crippen molar-refractivity contribution in [3.05, 3.63) is 28.2 Å². The zero-order valence-corrected chi connectivity index (χ0v) is 12.5. The van der Waals surface area contributed by atoms with Gasteiger partial charge in [-0.05, 0) is 41.1 Å². The van der Waals surface area contributed by atoms with Crippen molar-refractivity contribution in [2.24, 2.45) is 10.9 Å². The lowest BCUT2D eigenvalue weighted by atomic mass is 10.1. The van der Waals surface area contributed by atoms with E-state index in [2.05, 4.69) is 32.9 Å². The van der Waals surface area contributed by atoms with Gasteiger partial charge in [0.1, 0.15) is 0 Å². The first-order chi connectivity index (χ1) is 8.63. The van der Waals surface area contributed by atoms with E-state index in [1.54, 1.807) is 0 Å². The molecule has 1 saturated heterocycles. The minimum atomic E-state index is 0.129. The summed E-state index contributed by atoms with van der Waals surface area (Å²) in [5, 5.41) is 11.7. The largest absolute Gasteiger partial charge is 0.409 e. The lowest BCUT2D eigenvalue weighted by Crippen LogP contribution is -2.40. The Bertz CT molecular complexity index is 467. The third kappa shape index (κ3) is 2.75. The molecule has 1 atom stereocenters. The molecular formula is C12H16BrN3OS. The number of anilines is 1. The zero-order chi connectivity index (χ0) is 13.1. The fourth-order valence-electron chi connectivity index (χ4n) is 2.04. The minimum Gasteiger partial charge on any atom is -0.409 e. The molecule has 6 heteroatoms. The van der Waals surface area contributed by atoms with Gasteiger partial charge in [0.15, 0.2) is 5.84 Å². The second kappa shape index (κ2) is 5.84. The molecule has 4 nitrogen and oxygen atoms in total. The second-order valence-electron chi connectivity index (χ2n) is 4.27. The third-order valence-electron chi connectivity index (χ3n) is 3.03. The Kier molecular flexibility index (Phi) is 4.40. The Morgan fingerprint density at radius 3 is 3.00 bits per heavy atom. The molecule has 0 radical (unpaired) electrons. The van der Waals surface area contributed by atoms with E-state index in [9.17, 15) is 0 Å². The van der Waals surface area contributed by atoms with E-state index >= 15 is 0 Å². The van der Waals surface area contributed by atoms with Crippen LogP contribution < -0.4 is 10.6 Å². The summed E-state index contributed by atoms with van der Waals surface area (Å²) in [6.45, 7) is 3.28. The van der Waals surface area contributed by atoms with Gasteiger partial charge in [-0.25, -0.2) is 0 Å². The highest BCUT2D eigenvalue weighted by molar-refractivity contribution is 9.10. The number of amidine groups is 1. The van der Waals surface area contributed by atoms with Crippen LogP contribution in [-0.4, -0.2) is 35.1 Å². The Hall–Kier alpha value is -0.880. The van der Waals surface area contributed by atoms with Gasteiger partial charge in [-0.1, -0.05) is 5.16 Å². The van der Waals surface area contributed by atoms with Crippen LogP contribution in [0.5, 0.6) is 0 Å². The first-order valence-electron chi connectivity index (χ1n) is 5.75. The summed E-state index contributed by atoms with van der Waals surface area (Å²) in [5.41, 5.74) is 7.46. The SMILES string of the molecule is CC1CSCCN1c1ccc(/C(N)=N/O)cc1Br. The number of nitrogens with two attached hydrogens (primary N) is 1. The van der Waals surface area contributed by atoms with Crippen LogP contribution in [0.1, 0.15) is 12.5 Å². The van der Waals surface area contributed by atoms with Gasteiger partial charge in [0.25, 0.3) is 0 Å². The predicted octanol–water partition coefficient (Wildman–Crippen LogP) is 2.49. The van der Waals surface area contributed by atoms with Crippen LogP contribution >= 0.6 is 27.7 Å². The van der Waals surface area contributed by atoms with Crippen molar-refractivity contribution in [2.75, 3.05) is 23.0 Å². The Morgan fingerprint density at radius 2 is 2.39 bits per heavy atom. The lowest BCUT2D eigenvalue weighted by molar-refractivity contribution is 0.318. The molecule has 0 spiro atoms. The molecule has 1 unspecified atom stereocenters. The Balaban J connectivity index is 2.29. The van der Waals surface area contributed by atoms with Crippen molar-refractivity contribution in [1.29, 1.82) is 0 Å². The van der Waals surface area contributed by atoms with Gasteiger partial charge in [-0.3, -0.25) is 0 Å². The minimum absolute atomic E-state index is 0.129.